The lowest BCUT2D eigenvalue weighted by Crippen LogP contribution is -2.03. The van der Waals surface area contributed by atoms with Crippen molar-refractivity contribution in [1.82, 2.24) is 24.1 Å². The van der Waals surface area contributed by atoms with Crippen LogP contribution >= 0.6 is 0 Å². The highest BCUT2D eigenvalue weighted by Crippen LogP contribution is 2.41. The van der Waals surface area contributed by atoms with E-state index in [4.69, 9.17) is 15.0 Å². The summed E-state index contributed by atoms with van der Waals surface area (Å²) in [7, 11) is 0. The molecular weight excluding hydrogens is 879 g/mol. The van der Waals surface area contributed by atoms with E-state index in [1.165, 1.54) is 0 Å². The molecule has 0 atom stereocenters. The standard InChI is InChI=1S/C65H39N7/c66-40-42-15-14-22-48(35-42)52-32-29-50(39-62(52)72-58-26-13-11-24-54(58)56-37-47(31-34-60(56)72)44-18-6-2-7-19-44)65-69-63(45-20-8-3-9-21-45)68-64(70-65)49-27-28-51(41-67)61(38-49)71-57-25-12-10-23-53(57)55-36-46(30-33-59(55)71)43-16-4-1-5-17-43/h1-39H. The molecule has 0 radical (unpaired) electrons. The maximum Gasteiger partial charge on any atom is 0.164 e. The Hall–Kier alpha value is -10.2. The minimum atomic E-state index is 0.467. The highest BCUT2D eigenvalue weighted by Gasteiger charge is 2.22. The first-order chi connectivity index (χ1) is 35.6. The highest BCUT2D eigenvalue weighted by molar-refractivity contribution is 6.12. The minimum absolute atomic E-state index is 0.467. The summed E-state index contributed by atoms with van der Waals surface area (Å²) < 4.78 is 4.50. The van der Waals surface area contributed by atoms with Crippen molar-refractivity contribution in [2.45, 2.75) is 0 Å². The summed E-state index contributed by atoms with van der Waals surface area (Å²) in [4.78, 5) is 15.7. The first-order valence-corrected chi connectivity index (χ1v) is 23.8. The van der Waals surface area contributed by atoms with Gasteiger partial charge in [-0.25, -0.2) is 15.0 Å². The number of nitriles is 2. The van der Waals surface area contributed by atoms with Gasteiger partial charge in [0.25, 0.3) is 0 Å². The third kappa shape index (κ3) is 7.17. The summed E-state index contributed by atoms with van der Waals surface area (Å²) in [5, 5.41) is 25.2. The number of aromatic nitrogens is 5. The van der Waals surface area contributed by atoms with Gasteiger partial charge in [-0.1, -0.05) is 164 Å². The average Bonchev–Trinajstić information content (AvgIpc) is 3.97. The van der Waals surface area contributed by atoms with E-state index in [9.17, 15) is 10.5 Å². The Morgan fingerprint density at radius 2 is 0.736 bits per heavy atom. The lowest BCUT2D eigenvalue weighted by atomic mass is 9.99. The molecule has 0 aliphatic rings. The van der Waals surface area contributed by atoms with Crippen molar-refractivity contribution in [2.24, 2.45) is 0 Å². The zero-order chi connectivity index (χ0) is 48.1. The molecule has 72 heavy (non-hydrogen) atoms. The molecule has 0 aliphatic carbocycles. The molecule has 0 fully saturated rings. The van der Waals surface area contributed by atoms with Crippen molar-refractivity contribution in [1.29, 1.82) is 10.5 Å². The van der Waals surface area contributed by atoms with Crippen LogP contribution in [0.4, 0.5) is 0 Å². The second-order valence-corrected chi connectivity index (χ2v) is 17.8. The Labute approximate surface area is 415 Å². The molecule has 0 unspecified atom stereocenters. The summed E-state index contributed by atoms with van der Waals surface area (Å²) in [6, 6.07) is 85.6. The fraction of sp³-hybridized carbons (Fsp3) is 0. The summed E-state index contributed by atoms with van der Waals surface area (Å²) >= 11 is 0. The molecular formula is C65H39N7. The maximum absolute atomic E-state index is 10.7. The van der Waals surface area contributed by atoms with Crippen molar-refractivity contribution in [3.63, 3.8) is 0 Å². The van der Waals surface area contributed by atoms with Gasteiger partial charge in [-0.05, 0) is 101 Å². The van der Waals surface area contributed by atoms with Crippen LogP contribution in [0.3, 0.4) is 0 Å². The number of fused-ring (bicyclic) bond motifs is 6. The van der Waals surface area contributed by atoms with Crippen LogP contribution < -0.4 is 0 Å². The van der Waals surface area contributed by atoms with Crippen molar-refractivity contribution in [2.75, 3.05) is 0 Å². The van der Waals surface area contributed by atoms with Crippen LogP contribution in [0.1, 0.15) is 11.1 Å². The van der Waals surface area contributed by atoms with Gasteiger partial charge in [0, 0.05) is 43.8 Å². The molecule has 0 amide bonds. The number of para-hydroxylation sites is 2. The maximum atomic E-state index is 10.7. The Morgan fingerprint density at radius 3 is 1.29 bits per heavy atom. The summed E-state index contributed by atoms with van der Waals surface area (Å²) in [5.41, 5.74) is 15.5. The van der Waals surface area contributed by atoms with E-state index in [1.54, 1.807) is 0 Å². The van der Waals surface area contributed by atoms with Crippen molar-refractivity contribution in [3.05, 3.63) is 248 Å². The Kier molecular flexibility index (Phi) is 10.1. The molecule has 0 saturated carbocycles. The second-order valence-electron chi connectivity index (χ2n) is 17.8. The van der Waals surface area contributed by atoms with Crippen LogP contribution in [0.25, 0.3) is 123 Å². The van der Waals surface area contributed by atoms with Crippen molar-refractivity contribution >= 4 is 43.6 Å². The van der Waals surface area contributed by atoms with Crippen LogP contribution in [-0.4, -0.2) is 24.1 Å². The molecule has 0 N–H and O–H groups in total. The Balaban J connectivity index is 1.02. The number of benzene rings is 10. The summed E-state index contributed by atoms with van der Waals surface area (Å²) in [6.07, 6.45) is 0. The van der Waals surface area contributed by atoms with E-state index < -0.39 is 0 Å². The van der Waals surface area contributed by atoms with Gasteiger partial charge in [0.1, 0.15) is 6.07 Å². The topological polar surface area (TPSA) is 96.1 Å². The van der Waals surface area contributed by atoms with Crippen LogP contribution in [-0.2, 0) is 0 Å². The number of hydrogen-bond donors (Lipinski definition) is 0. The molecule has 3 aromatic heterocycles. The molecule has 0 spiro atoms. The predicted octanol–water partition coefficient (Wildman–Crippen LogP) is 15.8. The van der Waals surface area contributed by atoms with Gasteiger partial charge in [0.05, 0.1) is 50.6 Å². The van der Waals surface area contributed by atoms with E-state index in [1.807, 2.05) is 84.9 Å². The average molecular weight is 918 g/mol. The smallest absolute Gasteiger partial charge is 0.164 e. The third-order valence-corrected chi connectivity index (χ3v) is 13.6. The minimum Gasteiger partial charge on any atom is -0.309 e. The molecule has 7 heteroatoms. The van der Waals surface area contributed by atoms with E-state index in [0.29, 0.717) is 28.6 Å². The molecule has 7 nitrogen and oxygen atoms in total. The van der Waals surface area contributed by atoms with Crippen LogP contribution in [0.5, 0.6) is 0 Å². The normalized spacial score (nSPS) is 11.3. The number of hydrogen-bond acceptors (Lipinski definition) is 5. The van der Waals surface area contributed by atoms with Crippen molar-refractivity contribution in [3.8, 4) is 91.1 Å². The van der Waals surface area contributed by atoms with Gasteiger partial charge < -0.3 is 9.13 Å². The molecule has 10 aromatic carbocycles. The zero-order valence-corrected chi connectivity index (χ0v) is 38.6. The van der Waals surface area contributed by atoms with Crippen LogP contribution in [0.2, 0.25) is 0 Å². The van der Waals surface area contributed by atoms with Gasteiger partial charge in [0.2, 0.25) is 0 Å². The molecule has 3 heterocycles. The molecule has 0 aliphatic heterocycles. The van der Waals surface area contributed by atoms with Gasteiger partial charge in [-0.2, -0.15) is 10.5 Å². The summed E-state index contributed by atoms with van der Waals surface area (Å²) in [5.74, 6) is 1.47. The Bertz CT molecular complexity index is 4350. The van der Waals surface area contributed by atoms with Gasteiger partial charge in [-0.3, -0.25) is 0 Å². The number of nitrogens with zero attached hydrogens (tertiary/aromatic N) is 7. The first-order valence-electron chi connectivity index (χ1n) is 23.8. The Morgan fingerprint density at radius 1 is 0.292 bits per heavy atom. The van der Waals surface area contributed by atoms with Crippen LogP contribution in [0, 0.1) is 22.7 Å². The SMILES string of the molecule is N#Cc1cccc(-c2ccc(-c3nc(-c4ccccc4)nc(-c4ccc(C#N)c(-n5c6ccccc6c6cc(-c7ccccc7)ccc65)c4)n3)cc2-n2c3ccccc3c3cc(-c4ccccc4)ccc32)c1. The fourth-order valence-electron chi connectivity index (χ4n) is 10.2. The van der Waals surface area contributed by atoms with Gasteiger partial charge in [0.15, 0.2) is 17.5 Å². The third-order valence-electron chi connectivity index (χ3n) is 13.6. The van der Waals surface area contributed by atoms with Gasteiger partial charge in [-0.15, -0.1) is 0 Å². The lowest BCUT2D eigenvalue weighted by molar-refractivity contribution is 1.07. The molecule has 334 valence electrons. The van der Waals surface area contributed by atoms with E-state index in [-0.39, 0.29) is 0 Å². The molecule has 0 bridgehead atoms. The number of rotatable bonds is 8. The van der Waals surface area contributed by atoms with Crippen molar-refractivity contribution < 1.29 is 0 Å². The molecule has 13 rings (SSSR count). The van der Waals surface area contributed by atoms with E-state index in [2.05, 4.69) is 173 Å². The van der Waals surface area contributed by atoms with E-state index >= 15 is 0 Å². The zero-order valence-electron chi connectivity index (χ0n) is 38.6. The highest BCUT2D eigenvalue weighted by atomic mass is 15.0. The second kappa shape index (κ2) is 17.4. The molecule has 13 aromatic rings. The first kappa shape index (κ1) is 41.9. The van der Waals surface area contributed by atoms with E-state index in [0.717, 1.165) is 105 Å². The lowest BCUT2D eigenvalue weighted by Gasteiger charge is -2.17. The largest absolute Gasteiger partial charge is 0.309 e. The predicted molar refractivity (Wildman–Crippen MR) is 291 cm³/mol. The summed E-state index contributed by atoms with van der Waals surface area (Å²) in [6.45, 7) is 0. The molecule has 0 saturated heterocycles. The van der Waals surface area contributed by atoms with Crippen LogP contribution in [0.15, 0.2) is 237 Å². The monoisotopic (exact) mass is 917 g/mol. The fourth-order valence-corrected chi connectivity index (χ4v) is 10.2. The van der Waals surface area contributed by atoms with Gasteiger partial charge >= 0.3 is 0 Å². The quantitative estimate of drug-likeness (QED) is 0.151.